The van der Waals surface area contributed by atoms with Crippen molar-refractivity contribution in [1.29, 1.82) is 0 Å². The molecule has 3 aliphatic rings. The van der Waals surface area contributed by atoms with Crippen LogP contribution >= 0.6 is 0 Å². The third kappa shape index (κ3) is 1.75. The molecule has 3 nitrogen and oxygen atoms in total. The summed E-state index contributed by atoms with van der Waals surface area (Å²) < 4.78 is 7.05. The summed E-state index contributed by atoms with van der Waals surface area (Å²) >= 11 is 0. The first-order valence-electron chi connectivity index (χ1n) is 9.43. The molecule has 0 radical (unpaired) electrons. The van der Waals surface area contributed by atoms with Gasteiger partial charge in [-0.2, -0.15) is 0 Å². The van der Waals surface area contributed by atoms with E-state index in [9.17, 15) is 4.79 Å². The maximum atomic E-state index is 13.3. The molecule has 4 heteroatoms. The highest BCUT2D eigenvalue weighted by Gasteiger charge is 2.92. The van der Waals surface area contributed by atoms with E-state index in [0.717, 1.165) is 11.3 Å². The minimum absolute atomic E-state index is 0.0647. The molecule has 0 bridgehead atoms. The van der Waals surface area contributed by atoms with E-state index in [1.165, 1.54) is 5.56 Å². The molecule has 0 saturated heterocycles. The number of hydrogen-bond donors (Lipinski definition) is 1. The zero-order chi connectivity index (χ0) is 19.2. The highest BCUT2D eigenvalue weighted by atomic mass is 28.4. The van der Waals surface area contributed by atoms with Crippen molar-refractivity contribution in [3.8, 4) is 0 Å². The molecule has 138 valence electrons. The predicted molar refractivity (Wildman–Crippen MR) is 109 cm³/mol. The summed E-state index contributed by atoms with van der Waals surface area (Å²) in [6, 6.07) is 8.33. The van der Waals surface area contributed by atoms with Crippen molar-refractivity contribution in [2.75, 3.05) is 5.32 Å². The van der Waals surface area contributed by atoms with Gasteiger partial charge in [0.25, 0.3) is 0 Å². The SMILES string of the molecule is CC1=CC2(C(=O)C=C1)C1(O[Si](C)(C)C(C)(C)C)Nc3ccccc3C12C. The fourth-order valence-corrected chi connectivity index (χ4v) is 6.25. The van der Waals surface area contributed by atoms with Gasteiger partial charge in [0.2, 0.25) is 0 Å². The van der Waals surface area contributed by atoms with Crippen molar-refractivity contribution in [2.45, 2.75) is 63.9 Å². The fourth-order valence-electron chi connectivity index (χ4n) is 4.76. The van der Waals surface area contributed by atoms with Gasteiger partial charge in [-0.15, -0.1) is 0 Å². The molecule has 1 heterocycles. The molecule has 1 aromatic rings. The molecule has 1 aromatic carbocycles. The van der Waals surface area contributed by atoms with Gasteiger partial charge in [0.05, 0.1) is 5.41 Å². The van der Waals surface area contributed by atoms with Crippen LogP contribution in [0.1, 0.15) is 40.2 Å². The maximum absolute atomic E-state index is 13.3. The number of allylic oxidation sites excluding steroid dienone is 3. The van der Waals surface area contributed by atoms with Crippen molar-refractivity contribution in [1.82, 2.24) is 0 Å². The second-order valence-corrected chi connectivity index (χ2v) is 14.5. The average Bonchev–Trinajstić information content (AvgIpc) is 2.81. The Hall–Kier alpha value is -1.65. The number of anilines is 1. The molecule has 3 atom stereocenters. The first kappa shape index (κ1) is 17.7. The van der Waals surface area contributed by atoms with Crippen LogP contribution in [0, 0.1) is 5.41 Å². The Bertz CT molecular complexity index is 878. The average molecular weight is 368 g/mol. The summed E-state index contributed by atoms with van der Waals surface area (Å²) in [5, 5.41) is 3.74. The Labute approximate surface area is 157 Å². The van der Waals surface area contributed by atoms with Crippen molar-refractivity contribution >= 4 is 19.8 Å². The Kier molecular flexibility index (Phi) is 3.27. The Morgan fingerprint density at radius 1 is 1.12 bits per heavy atom. The minimum Gasteiger partial charge on any atom is -0.393 e. The summed E-state index contributed by atoms with van der Waals surface area (Å²) in [6.07, 6.45) is 5.79. The van der Waals surface area contributed by atoms with Crippen LogP contribution in [-0.4, -0.2) is 19.8 Å². The maximum Gasteiger partial charge on any atom is 0.195 e. The standard InChI is InChI=1S/C22H29NO2Si/c1-15-12-13-18(24)21(14-15)20(5)16-10-8-9-11-17(16)23-22(20,21)25-26(6,7)19(2,3)4/h8-14,23H,1-7H3. The van der Waals surface area contributed by atoms with Gasteiger partial charge in [0, 0.05) is 5.69 Å². The first-order chi connectivity index (χ1) is 11.9. The van der Waals surface area contributed by atoms with Gasteiger partial charge in [-0.05, 0) is 49.7 Å². The van der Waals surface area contributed by atoms with E-state index >= 15 is 0 Å². The van der Waals surface area contributed by atoms with Crippen LogP contribution in [-0.2, 0) is 14.6 Å². The zero-order valence-electron chi connectivity index (χ0n) is 16.9. The first-order valence-corrected chi connectivity index (χ1v) is 12.3. The molecule has 4 rings (SSSR count). The molecular weight excluding hydrogens is 338 g/mol. The third-order valence-corrected chi connectivity index (χ3v) is 11.7. The van der Waals surface area contributed by atoms with Crippen LogP contribution in [0.5, 0.6) is 0 Å². The number of hydrogen-bond acceptors (Lipinski definition) is 3. The highest BCUT2D eigenvalue weighted by molar-refractivity contribution is 6.74. The fraction of sp³-hybridized carbons (Fsp3) is 0.500. The van der Waals surface area contributed by atoms with E-state index in [0.29, 0.717) is 0 Å². The van der Waals surface area contributed by atoms with Crippen LogP contribution in [0.3, 0.4) is 0 Å². The molecule has 1 saturated carbocycles. The van der Waals surface area contributed by atoms with E-state index in [4.69, 9.17) is 4.43 Å². The van der Waals surface area contributed by atoms with Gasteiger partial charge in [-0.25, -0.2) is 0 Å². The Morgan fingerprint density at radius 2 is 1.77 bits per heavy atom. The largest absolute Gasteiger partial charge is 0.393 e. The third-order valence-electron chi connectivity index (χ3n) is 7.31. The van der Waals surface area contributed by atoms with Crippen LogP contribution in [0.15, 0.2) is 48.1 Å². The molecule has 26 heavy (non-hydrogen) atoms. The van der Waals surface area contributed by atoms with Crippen LogP contribution < -0.4 is 5.32 Å². The highest BCUT2D eigenvalue weighted by Crippen LogP contribution is 2.80. The molecule has 0 amide bonds. The van der Waals surface area contributed by atoms with Crippen LogP contribution in [0.2, 0.25) is 18.1 Å². The summed E-state index contributed by atoms with van der Waals surface area (Å²) in [5.41, 5.74) is 1.64. The van der Waals surface area contributed by atoms with Crippen molar-refractivity contribution in [3.05, 3.63) is 53.6 Å². The van der Waals surface area contributed by atoms with E-state index in [-0.39, 0.29) is 10.8 Å². The number of fused-ring (bicyclic) bond motifs is 5. The van der Waals surface area contributed by atoms with Crippen LogP contribution in [0.4, 0.5) is 5.69 Å². The van der Waals surface area contributed by atoms with Gasteiger partial charge < -0.3 is 9.74 Å². The quantitative estimate of drug-likeness (QED) is 0.733. The molecule has 1 fully saturated rings. The van der Waals surface area contributed by atoms with Crippen LogP contribution in [0.25, 0.3) is 0 Å². The zero-order valence-corrected chi connectivity index (χ0v) is 17.9. The molecular formula is C22H29NO2Si. The predicted octanol–water partition coefficient (Wildman–Crippen LogP) is 5.17. The Morgan fingerprint density at radius 3 is 2.42 bits per heavy atom. The lowest BCUT2D eigenvalue weighted by molar-refractivity contribution is -0.120. The molecule has 2 aliphatic carbocycles. The smallest absolute Gasteiger partial charge is 0.195 e. The molecule has 3 unspecified atom stereocenters. The van der Waals surface area contributed by atoms with E-state index in [2.05, 4.69) is 77.3 Å². The molecule has 0 aromatic heterocycles. The van der Waals surface area contributed by atoms with Gasteiger partial charge in [0.15, 0.2) is 19.8 Å². The number of carbonyl (C=O) groups is 1. The second kappa shape index (κ2) is 4.79. The summed E-state index contributed by atoms with van der Waals surface area (Å²) in [6.45, 7) is 15.5. The normalized spacial score (nSPS) is 35.0. The number of carbonyl (C=O) groups excluding carboxylic acids is 1. The second-order valence-electron chi connectivity index (χ2n) is 9.73. The summed E-state index contributed by atoms with van der Waals surface area (Å²) in [5.74, 6) is 0.145. The molecule has 1 aliphatic heterocycles. The summed E-state index contributed by atoms with van der Waals surface area (Å²) in [7, 11) is -2.12. The lowest BCUT2D eigenvalue weighted by Crippen LogP contribution is -2.50. The van der Waals surface area contributed by atoms with Gasteiger partial charge in [0.1, 0.15) is 5.41 Å². The number of benzene rings is 1. The van der Waals surface area contributed by atoms with Gasteiger partial charge in [-0.1, -0.05) is 56.7 Å². The van der Waals surface area contributed by atoms with Gasteiger partial charge in [-0.3, -0.25) is 4.79 Å². The molecule has 1 N–H and O–H groups in total. The lowest BCUT2D eigenvalue weighted by atomic mass is 9.80. The number of ketones is 1. The lowest BCUT2D eigenvalue weighted by Gasteiger charge is -2.41. The monoisotopic (exact) mass is 367 g/mol. The topological polar surface area (TPSA) is 38.3 Å². The number of para-hydroxylation sites is 1. The minimum atomic E-state index is -2.12. The van der Waals surface area contributed by atoms with E-state index < -0.39 is 24.9 Å². The number of nitrogens with one attached hydrogen (secondary N) is 1. The van der Waals surface area contributed by atoms with Gasteiger partial charge >= 0.3 is 0 Å². The van der Waals surface area contributed by atoms with Crippen molar-refractivity contribution in [3.63, 3.8) is 0 Å². The van der Waals surface area contributed by atoms with E-state index in [1.54, 1.807) is 6.08 Å². The Balaban J connectivity index is 1.92. The van der Waals surface area contributed by atoms with E-state index in [1.807, 2.05) is 12.1 Å². The molecule has 1 spiro atoms. The summed E-state index contributed by atoms with van der Waals surface area (Å²) in [4.78, 5) is 13.3. The van der Waals surface area contributed by atoms with Crippen molar-refractivity contribution in [2.24, 2.45) is 5.41 Å². The van der Waals surface area contributed by atoms with Crippen molar-refractivity contribution < 1.29 is 9.22 Å². The number of rotatable bonds is 2.